The molecule has 1 atom stereocenters. The first-order chi connectivity index (χ1) is 16.2. The summed E-state index contributed by atoms with van der Waals surface area (Å²) < 4.78 is 37.9. The van der Waals surface area contributed by atoms with Gasteiger partial charge in [0, 0.05) is 49.1 Å². The van der Waals surface area contributed by atoms with Crippen LogP contribution in [-0.4, -0.2) is 67.7 Å². The Kier molecular flexibility index (Phi) is 6.65. The molecule has 34 heavy (non-hydrogen) atoms. The lowest BCUT2D eigenvalue weighted by molar-refractivity contribution is -0.192. The third-order valence-electron chi connectivity index (χ3n) is 5.43. The second-order valence-corrected chi connectivity index (χ2v) is 9.47. The van der Waals surface area contributed by atoms with Gasteiger partial charge in [0.05, 0.1) is 15.8 Å². The number of carbonyl (C=O) groups excluding carboxylic acids is 1. The molecule has 2 fully saturated rings. The zero-order chi connectivity index (χ0) is 24.3. The molecule has 2 aliphatic rings. The van der Waals surface area contributed by atoms with E-state index in [2.05, 4.69) is 9.97 Å². The number of carboxylic acid groups (broad SMARTS) is 1. The fraction of sp³-hybridized carbons (Fsp3) is 0.304. The summed E-state index contributed by atoms with van der Waals surface area (Å²) in [6.45, 7) is 1.54. The Morgan fingerprint density at radius 1 is 1.12 bits per heavy atom. The predicted octanol–water partition coefficient (Wildman–Crippen LogP) is 4.04. The maximum absolute atomic E-state index is 12.8. The normalized spacial score (nSPS) is 18.7. The maximum atomic E-state index is 12.8. The van der Waals surface area contributed by atoms with Crippen LogP contribution in [0.1, 0.15) is 16.8 Å². The number of amides is 1. The largest absolute Gasteiger partial charge is 0.490 e. The number of aliphatic carboxylic acids is 1. The van der Waals surface area contributed by atoms with Crippen LogP contribution in [0.5, 0.6) is 5.88 Å². The molecule has 178 valence electrons. The minimum atomic E-state index is -5.08. The molecule has 1 unspecified atom stereocenters. The molecule has 0 bridgehead atoms. The highest BCUT2D eigenvalue weighted by Gasteiger charge is 2.51. The number of hydrogen-bond acceptors (Lipinski definition) is 6. The Balaban J connectivity index is 0.000000344. The van der Waals surface area contributed by atoms with E-state index >= 15 is 0 Å². The van der Waals surface area contributed by atoms with Gasteiger partial charge in [0.15, 0.2) is 0 Å². The number of aromatic nitrogens is 2. The van der Waals surface area contributed by atoms with E-state index in [1.54, 1.807) is 12.4 Å². The van der Waals surface area contributed by atoms with Crippen LogP contribution >= 0.6 is 11.8 Å². The van der Waals surface area contributed by atoms with Crippen molar-refractivity contribution in [3.63, 3.8) is 0 Å². The summed E-state index contributed by atoms with van der Waals surface area (Å²) in [5, 5.41) is 8.12. The van der Waals surface area contributed by atoms with Gasteiger partial charge in [-0.3, -0.25) is 9.78 Å². The molecule has 7 nitrogen and oxygen atoms in total. The Morgan fingerprint density at radius 3 is 2.50 bits per heavy atom. The van der Waals surface area contributed by atoms with Gasteiger partial charge in [-0.2, -0.15) is 13.2 Å². The lowest BCUT2D eigenvalue weighted by Crippen LogP contribution is -2.60. The third-order valence-corrected chi connectivity index (χ3v) is 7.00. The van der Waals surface area contributed by atoms with Crippen LogP contribution in [0.4, 0.5) is 13.2 Å². The first-order valence-electron chi connectivity index (χ1n) is 10.3. The summed E-state index contributed by atoms with van der Waals surface area (Å²) >= 11 is 1.92. The van der Waals surface area contributed by atoms with Crippen molar-refractivity contribution in [2.24, 2.45) is 0 Å². The number of benzene rings is 1. The monoisotopic (exact) mass is 491 g/mol. The number of nitrogens with zero attached hydrogens (tertiary/aromatic N) is 3. The van der Waals surface area contributed by atoms with Gasteiger partial charge in [0.25, 0.3) is 5.91 Å². The maximum Gasteiger partial charge on any atom is 0.490 e. The van der Waals surface area contributed by atoms with Crippen LogP contribution < -0.4 is 4.74 Å². The summed E-state index contributed by atoms with van der Waals surface area (Å²) in [6.07, 6.45) is -0.544. The van der Waals surface area contributed by atoms with Gasteiger partial charge in [-0.15, -0.1) is 11.8 Å². The first-order valence-corrected chi connectivity index (χ1v) is 11.3. The van der Waals surface area contributed by atoms with Crippen LogP contribution in [0.3, 0.4) is 0 Å². The number of ether oxygens (including phenoxy) is 1. The molecule has 2 saturated heterocycles. The molecule has 0 aliphatic carbocycles. The van der Waals surface area contributed by atoms with Gasteiger partial charge in [-0.1, -0.05) is 24.3 Å². The van der Waals surface area contributed by atoms with Crippen molar-refractivity contribution in [1.29, 1.82) is 0 Å². The number of likely N-dealkylation sites (tertiary alicyclic amines) is 1. The number of para-hydroxylation sites is 1. The van der Waals surface area contributed by atoms with Crippen molar-refractivity contribution in [1.82, 2.24) is 14.9 Å². The van der Waals surface area contributed by atoms with E-state index in [1.807, 2.05) is 65.2 Å². The van der Waals surface area contributed by atoms with E-state index in [4.69, 9.17) is 14.6 Å². The van der Waals surface area contributed by atoms with Gasteiger partial charge in [0.2, 0.25) is 5.88 Å². The summed E-state index contributed by atoms with van der Waals surface area (Å²) in [6, 6.07) is 15.5. The van der Waals surface area contributed by atoms with E-state index < -0.39 is 12.1 Å². The number of alkyl halides is 3. The van der Waals surface area contributed by atoms with Crippen molar-refractivity contribution in [2.75, 3.05) is 18.8 Å². The molecule has 11 heteroatoms. The molecule has 3 aromatic rings. The van der Waals surface area contributed by atoms with Crippen LogP contribution in [0.25, 0.3) is 10.9 Å². The van der Waals surface area contributed by atoms with Crippen LogP contribution in [-0.2, 0) is 4.79 Å². The molecule has 0 radical (unpaired) electrons. The number of pyridine rings is 2. The van der Waals surface area contributed by atoms with Gasteiger partial charge in [0.1, 0.15) is 6.10 Å². The topological polar surface area (TPSA) is 92.6 Å². The number of carbonyl (C=O) groups is 2. The Morgan fingerprint density at radius 2 is 1.82 bits per heavy atom. The highest BCUT2D eigenvalue weighted by atomic mass is 32.2. The minimum Gasteiger partial charge on any atom is -0.475 e. The second-order valence-electron chi connectivity index (χ2n) is 7.99. The van der Waals surface area contributed by atoms with E-state index in [9.17, 15) is 18.0 Å². The van der Waals surface area contributed by atoms with E-state index in [0.717, 1.165) is 36.2 Å². The van der Waals surface area contributed by atoms with Gasteiger partial charge in [-0.05, 0) is 18.2 Å². The predicted molar refractivity (Wildman–Crippen MR) is 120 cm³/mol. The zero-order valence-corrected chi connectivity index (χ0v) is 18.6. The quantitative estimate of drug-likeness (QED) is 0.591. The van der Waals surface area contributed by atoms with E-state index in [1.165, 1.54) is 0 Å². The fourth-order valence-corrected chi connectivity index (χ4v) is 5.37. The average molecular weight is 491 g/mol. The molecule has 1 N–H and O–H groups in total. The van der Waals surface area contributed by atoms with Crippen molar-refractivity contribution in [2.45, 2.75) is 23.4 Å². The molecule has 1 aromatic carbocycles. The number of hydrogen-bond donors (Lipinski definition) is 1. The fourth-order valence-electron chi connectivity index (χ4n) is 3.85. The standard InChI is InChI=1S/C21H19N3O2S.C2HF3O2/c25-20(16-9-15-5-1-2-6-18(15)23-11-16)24-13-21(14-24)10-17(12-27-21)26-19-7-3-4-8-22-19;3-2(4,5)1(6)7/h1-9,11,17H,10,12-14H2;(H,6,7). The molecule has 2 aromatic heterocycles. The SMILES string of the molecule is O=C(O)C(F)(F)F.O=C(c1cnc2ccccc2c1)N1CC2(CC(Oc3ccccn3)CS2)C1. The Labute approximate surface area is 196 Å². The summed E-state index contributed by atoms with van der Waals surface area (Å²) in [5.41, 5.74) is 1.57. The van der Waals surface area contributed by atoms with E-state index in [0.29, 0.717) is 11.4 Å². The second kappa shape index (κ2) is 9.49. The molecule has 5 rings (SSSR count). The van der Waals surface area contributed by atoms with E-state index in [-0.39, 0.29) is 16.8 Å². The van der Waals surface area contributed by atoms with Crippen LogP contribution in [0.2, 0.25) is 0 Å². The lowest BCUT2D eigenvalue weighted by Gasteiger charge is -2.47. The van der Waals surface area contributed by atoms with Crippen molar-refractivity contribution >= 4 is 34.5 Å². The van der Waals surface area contributed by atoms with Crippen LogP contribution in [0.15, 0.2) is 60.9 Å². The molecule has 1 amide bonds. The smallest absolute Gasteiger partial charge is 0.475 e. The molecule has 0 saturated carbocycles. The number of fused-ring (bicyclic) bond motifs is 1. The summed E-state index contributed by atoms with van der Waals surface area (Å²) in [4.78, 5) is 32.3. The first kappa shape index (κ1) is 23.8. The Hall–Kier alpha value is -3.34. The van der Waals surface area contributed by atoms with Crippen molar-refractivity contribution < 1.29 is 32.6 Å². The number of halogens is 3. The van der Waals surface area contributed by atoms with Crippen LogP contribution in [0, 0.1) is 0 Å². The number of carboxylic acids is 1. The minimum absolute atomic E-state index is 0.0635. The number of thioether (sulfide) groups is 1. The summed E-state index contributed by atoms with van der Waals surface area (Å²) in [7, 11) is 0. The molecular formula is C23H20F3N3O4S. The third kappa shape index (κ3) is 5.41. The molecule has 2 aliphatic heterocycles. The summed E-state index contributed by atoms with van der Waals surface area (Å²) in [5.74, 6) is -1.08. The average Bonchev–Trinajstić information content (AvgIpc) is 3.22. The molecular weight excluding hydrogens is 471 g/mol. The van der Waals surface area contributed by atoms with Gasteiger partial charge < -0.3 is 14.7 Å². The molecule has 4 heterocycles. The lowest BCUT2D eigenvalue weighted by atomic mass is 9.92. The highest BCUT2D eigenvalue weighted by Crippen LogP contribution is 2.46. The number of rotatable bonds is 3. The Bertz CT molecular complexity index is 1190. The highest BCUT2D eigenvalue weighted by molar-refractivity contribution is 8.01. The van der Waals surface area contributed by atoms with Crippen molar-refractivity contribution in [3.05, 3.63) is 66.5 Å². The molecule has 1 spiro atoms. The zero-order valence-electron chi connectivity index (χ0n) is 17.7. The van der Waals surface area contributed by atoms with Crippen molar-refractivity contribution in [3.8, 4) is 5.88 Å². The van der Waals surface area contributed by atoms with Gasteiger partial charge in [-0.25, -0.2) is 9.78 Å². The van der Waals surface area contributed by atoms with Gasteiger partial charge >= 0.3 is 12.1 Å².